The van der Waals surface area contributed by atoms with E-state index >= 15 is 0 Å². The number of benzene rings is 2. The average Bonchev–Trinajstić information content (AvgIpc) is 3.47. The Kier molecular flexibility index (Phi) is 5.78. The molecule has 8 heteroatoms. The van der Waals surface area contributed by atoms with Gasteiger partial charge in [-0.2, -0.15) is 24.5 Å². The number of carbonyl (C=O) groups excluding carboxylic acids is 1. The van der Waals surface area contributed by atoms with E-state index in [-0.39, 0.29) is 17.6 Å². The summed E-state index contributed by atoms with van der Waals surface area (Å²) in [6, 6.07) is 12.1. The molecule has 2 aliphatic rings. The van der Waals surface area contributed by atoms with Crippen LogP contribution in [-0.4, -0.2) is 30.1 Å². The van der Waals surface area contributed by atoms with Gasteiger partial charge in [0, 0.05) is 23.9 Å². The van der Waals surface area contributed by atoms with E-state index in [9.17, 15) is 26.7 Å². The third-order valence-electron chi connectivity index (χ3n) is 7.66. The van der Waals surface area contributed by atoms with Gasteiger partial charge in [0.25, 0.3) is 5.91 Å². The Hall–Kier alpha value is -2.74. The van der Waals surface area contributed by atoms with Crippen LogP contribution >= 0.6 is 11.3 Å². The molecule has 1 fully saturated rings. The predicted octanol–water partition coefficient (Wildman–Crippen LogP) is 6.83. The number of aryl methyl sites for hydroxylation is 1. The fourth-order valence-corrected chi connectivity index (χ4v) is 6.33. The second kappa shape index (κ2) is 8.43. The van der Waals surface area contributed by atoms with E-state index in [2.05, 4.69) is 0 Å². The first-order chi connectivity index (χ1) is 16.5. The van der Waals surface area contributed by atoms with E-state index in [0.29, 0.717) is 50.4 Å². The summed E-state index contributed by atoms with van der Waals surface area (Å²) in [5.41, 5.74) is -1.41. The van der Waals surface area contributed by atoms with E-state index in [1.54, 1.807) is 29.6 Å². The highest BCUT2D eigenvalue weighted by Crippen LogP contribution is 2.51. The molecule has 3 aromatic rings. The molecule has 1 aliphatic carbocycles. The second-order valence-corrected chi connectivity index (χ2v) is 10.5. The van der Waals surface area contributed by atoms with Gasteiger partial charge in [-0.1, -0.05) is 30.3 Å². The van der Waals surface area contributed by atoms with Gasteiger partial charge in [-0.25, -0.2) is 8.78 Å². The lowest BCUT2D eigenvalue weighted by Crippen LogP contribution is -2.42. The zero-order chi connectivity index (χ0) is 25.0. The van der Waals surface area contributed by atoms with E-state index in [0.717, 1.165) is 11.1 Å². The summed E-state index contributed by atoms with van der Waals surface area (Å²) < 4.78 is 68.5. The quantitative estimate of drug-likeness (QED) is 0.356. The van der Waals surface area contributed by atoms with Crippen molar-refractivity contribution >= 4 is 17.2 Å². The predicted molar refractivity (Wildman–Crippen MR) is 125 cm³/mol. The maximum atomic E-state index is 14.8. The molecule has 1 amide bonds. The van der Waals surface area contributed by atoms with Gasteiger partial charge in [-0.3, -0.25) is 4.79 Å². The van der Waals surface area contributed by atoms with Crippen LogP contribution in [0.25, 0.3) is 0 Å². The molecule has 0 bridgehead atoms. The number of hydrogen-bond donors (Lipinski definition) is 0. The van der Waals surface area contributed by atoms with Crippen LogP contribution in [0.15, 0.2) is 59.3 Å². The van der Waals surface area contributed by atoms with Gasteiger partial charge < -0.3 is 4.90 Å². The normalized spacial score (nSPS) is 23.5. The molecule has 0 radical (unpaired) electrons. The Morgan fingerprint density at radius 2 is 1.86 bits per heavy atom. The van der Waals surface area contributed by atoms with Gasteiger partial charge in [0.05, 0.1) is 5.56 Å². The van der Waals surface area contributed by atoms with E-state index in [1.165, 1.54) is 35.6 Å². The van der Waals surface area contributed by atoms with Crippen LogP contribution in [0.5, 0.6) is 0 Å². The van der Waals surface area contributed by atoms with Crippen molar-refractivity contribution in [1.82, 2.24) is 4.90 Å². The molecule has 3 unspecified atom stereocenters. The molecule has 2 nitrogen and oxygen atoms in total. The molecule has 1 aromatic heterocycles. The van der Waals surface area contributed by atoms with Crippen LogP contribution in [0.3, 0.4) is 0 Å². The molecular weight excluding hydrogens is 481 g/mol. The number of fused-ring (bicyclic) bond motifs is 3. The first kappa shape index (κ1) is 24.0. The van der Waals surface area contributed by atoms with E-state index in [1.807, 2.05) is 10.3 Å². The number of amides is 1. The van der Waals surface area contributed by atoms with Gasteiger partial charge in [0.15, 0.2) is 0 Å². The summed E-state index contributed by atoms with van der Waals surface area (Å²) in [4.78, 5) is 15.0. The maximum Gasteiger partial charge on any atom is 0.426 e. The van der Waals surface area contributed by atoms with Gasteiger partial charge in [-0.15, -0.1) is 0 Å². The van der Waals surface area contributed by atoms with Crippen molar-refractivity contribution in [3.8, 4) is 0 Å². The minimum atomic E-state index is -5.03. The van der Waals surface area contributed by atoms with Crippen LogP contribution in [0, 0.1) is 11.7 Å². The van der Waals surface area contributed by atoms with Crippen LogP contribution in [-0.2, 0) is 23.9 Å². The minimum Gasteiger partial charge on any atom is -0.337 e. The van der Waals surface area contributed by atoms with Crippen LogP contribution in [0.1, 0.15) is 46.0 Å². The van der Waals surface area contributed by atoms with Crippen molar-refractivity contribution in [3.63, 3.8) is 0 Å². The molecule has 3 atom stereocenters. The molecule has 0 spiro atoms. The summed E-state index contributed by atoms with van der Waals surface area (Å²) in [6.45, 7) is 1.47. The van der Waals surface area contributed by atoms with Crippen molar-refractivity contribution in [1.29, 1.82) is 0 Å². The number of alkyl halides is 4. The summed E-state index contributed by atoms with van der Waals surface area (Å²) in [7, 11) is 0. The molecule has 0 N–H and O–H groups in total. The largest absolute Gasteiger partial charge is 0.426 e. The van der Waals surface area contributed by atoms with Gasteiger partial charge in [0.1, 0.15) is 5.82 Å². The highest BCUT2D eigenvalue weighted by Gasteiger charge is 2.55. The first-order valence-corrected chi connectivity index (χ1v) is 12.4. The fraction of sp³-hybridized carbons (Fsp3) is 0.370. The molecule has 1 saturated heterocycles. The van der Waals surface area contributed by atoms with E-state index < -0.39 is 22.8 Å². The summed E-state index contributed by atoms with van der Waals surface area (Å²) in [5, 5.41) is 3.65. The Morgan fingerprint density at radius 1 is 1.11 bits per heavy atom. The van der Waals surface area contributed by atoms with Crippen molar-refractivity contribution < 1.29 is 26.7 Å². The number of likely N-dealkylation sites (tertiary alicyclic amines) is 1. The molecule has 5 rings (SSSR count). The standard InChI is InChI=1S/C27H24F5NOS/c1-25(29,27(30,31)32)20-6-9-23-18(12-20)4-5-21-14-33(24(34)19-10-11-35-15-19)16-26(21,23)13-17-2-7-22(28)8-3-17/h2-3,6-12,15,21H,4-5,13-14,16H2,1H3. The highest BCUT2D eigenvalue weighted by molar-refractivity contribution is 7.08. The zero-order valence-corrected chi connectivity index (χ0v) is 19.9. The van der Waals surface area contributed by atoms with Gasteiger partial charge >= 0.3 is 6.18 Å². The summed E-state index contributed by atoms with van der Waals surface area (Å²) in [6.07, 6.45) is -3.35. The van der Waals surface area contributed by atoms with Crippen LogP contribution in [0.2, 0.25) is 0 Å². The Bertz CT molecular complexity index is 1240. The van der Waals surface area contributed by atoms with Crippen LogP contribution < -0.4 is 0 Å². The summed E-state index contributed by atoms with van der Waals surface area (Å²) in [5.74, 6) is -0.356. The SMILES string of the molecule is CC(F)(c1ccc2c(c1)CCC1CN(C(=O)c3ccsc3)CC21Cc1ccc(F)cc1)C(F)(F)F. The number of carbonyl (C=O) groups is 1. The Morgan fingerprint density at radius 3 is 2.51 bits per heavy atom. The average molecular weight is 506 g/mol. The number of thiophene rings is 1. The third kappa shape index (κ3) is 4.05. The molecule has 2 aromatic carbocycles. The van der Waals surface area contributed by atoms with Crippen molar-refractivity contribution in [2.24, 2.45) is 5.92 Å². The summed E-state index contributed by atoms with van der Waals surface area (Å²) >= 11 is 1.44. The minimum absolute atomic E-state index is 0.0767. The molecule has 1 aliphatic heterocycles. The molecule has 2 heterocycles. The number of rotatable bonds is 4. The van der Waals surface area contributed by atoms with E-state index in [4.69, 9.17) is 0 Å². The Labute approximate surface area is 204 Å². The third-order valence-corrected chi connectivity index (χ3v) is 8.34. The van der Waals surface area contributed by atoms with Crippen molar-refractivity contribution in [2.75, 3.05) is 13.1 Å². The lowest BCUT2D eigenvalue weighted by Gasteiger charge is -2.41. The fourth-order valence-electron chi connectivity index (χ4n) is 5.70. The zero-order valence-electron chi connectivity index (χ0n) is 19.0. The smallest absolute Gasteiger partial charge is 0.337 e. The molecule has 35 heavy (non-hydrogen) atoms. The van der Waals surface area contributed by atoms with Crippen LogP contribution in [0.4, 0.5) is 22.0 Å². The lowest BCUT2D eigenvalue weighted by molar-refractivity contribution is -0.228. The monoisotopic (exact) mass is 505 g/mol. The maximum absolute atomic E-state index is 14.8. The molecule has 184 valence electrons. The van der Waals surface area contributed by atoms with Gasteiger partial charge in [0.2, 0.25) is 5.67 Å². The molecular formula is C27H24F5NOS. The topological polar surface area (TPSA) is 20.3 Å². The second-order valence-electron chi connectivity index (χ2n) is 9.77. The Balaban J connectivity index is 1.58. The molecule has 0 saturated carbocycles. The highest BCUT2D eigenvalue weighted by atomic mass is 32.1. The first-order valence-electron chi connectivity index (χ1n) is 11.5. The number of nitrogens with zero attached hydrogens (tertiary/aromatic N) is 1. The van der Waals surface area contributed by atoms with Gasteiger partial charge in [-0.05, 0) is 77.9 Å². The lowest BCUT2D eigenvalue weighted by atomic mass is 9.62. The van der Waals surface area contributed by atoms with Crippen molar-refractivity contribution in [3.05, 3.63) is 92.9 Å². The van der Waals surface area contributed by atoms with Crippen molar-refractivity contribution in [2.45, 2.75) is 43.4 Å². The number of hydrogen-bond acceptors (Lipinski definition) is 2. The number of halogens is 5.